The van der Waals surface area contributed by atoms with Crippen molar-refractivity contribution in [3.63, 3.8) is 0 Å². The third-order valence-corrected chi connectivity index (χ3v) is 3.98. The summed E-state index contributed by atoms with van der Waals surface area (Å²) >= 11 is 0. The number of hydrogen-bond donors (Lipinski definition) is 2. The Morgan fingerprint density at radius 2 is 1.68 bits per heavy atom. The maximum atomic E-state index is 12.3. The number of benzene rings is 2. The first kappa shape index (κ1) is 18.8. The second-order valence-corrected chi connectivity index (χ2v) is 6.13. The largest absolute Gasteiger partial charge is 0.493 e. The van der Waals surface area contributed by atoms with Crippen LogP contribution in [0.25, 0.3) is 0 Å². The van der Waals surface area contributed by atoms with Crippen LogP contribution in [0.1, 0.15) is 25.5 Å². The number of hydrogen-bond acceptors (Lipinski definition) is 4. The summed E-state index contributed by atoms with van der Waals surface area (Å²) in [7, 11) is 3.15. The molecule has 0 fully saturated rings. The van der Waals surface area contributed by atoms with Crippen LogP contribution in [-0.4, -0.2) is 26.7 Å². The Balaban J connectivity index is 1.97. The van der Waals surface area contributed by atoms with Gasteiger partial charge < -0.3 is 20.1 Å². The summed E-state index contributed by atoms with van der Waals surface area (Å²) < 4.78 is 10.5. The van der Waals surface area contributed by atoms with E-state index in [1.165, 1.54) is 5.56 Å². The van der Waals surface area contributed by atoms with Crippen molar-refractivity contribution in [1.82, 2.24) is 5.32 Å². The summed E-state index contributed by atoms with van der Waals surface area (Å²) in [5, 5.41) is 6.22. The van der Waals surface area contributed by atoms with E-state index >= 15 is 0 Å². The molecule has 2 rings (SSSR count). The molecule has 5 heteroatoms. The van der Waals surface area contributed by atoms with E-state index in [9.17, 15) is 4.79 Å². The van der Waals surface area contributed by atoms with Crippen molar-refractivity contribution in [3.8, 4) is 11.5 Å². The van der Waals surface area contributed by atoms with E-state index in [1.807, 2.05) is 18.2 Å². The molecule has 0 aliphatic heterocycles. The van der Waals surface area contributed by atoms with Crippen LogP contribution >= 0.6 is 0 Å². The van der Waals surface area contributed by atoms with Crippen LogP contribution in [-0.2, 0) is 4.79 Å². The molecular weight excluding hydrogens is 316 g/mol. The molecule has 0 saturated carbocycles. The maximum Gasteiger partial charge on any atom is 0.238 e. The van der Waals surface area contributed by atoms with Crippen molar-refractivity contribution in [2.45, 2.75) is 19.9 Å². The lowest BCUT2D eigenvalue weighted by Crippen LogP contribution is -2.33. The Morgan fingerprint density at radius 3 is 2.28 bits per heavy atom. The first-order valence-corrected chi connectivity index (χ1v) is 8.35. The van der Waals surface area contributed by atoms with Gasteiger partial charge in [0.05, 0.1) is 20.8 Å². The Labute approximate surface area is 149 Å². The fraction of sp³-hybridized carbons (Fsp3) is 0.350. The van der Waals surface area contributed by atoms with E-state index in [0.717, 1.165) is 0 Å². The van der Waals surface area contributed by atoms with Gasteiger partial charge in [0.15, 0.2) is 11.5 Å². The highest BCUT2D eigenvalue weighted by atomic mass is 16.5. The molecule has 0 saturated heterocycles. The van der Waals surface area contributed by atoms with Gasteiger partial charge in [-0.1, -0.05) is 44.2 Å². The molecule has 0 spiro atoms. The summed E-state index contributed by atoms with van der Waals surface area (Å²) in [6, 6.07) is 15.6. The van der Waals surface area contributed by atoms with Crippen molar-refractivity contribution in [2.24, 2.45) is 5.92 Å². The summed E-state index contributed by atoms with van der Waals surface area (Å²) in [4.78, 5) is 12.3. The number of methoxy groups -OCH3 is 2. The minimum Gasteiger partial charge on any atom is -0.493 e. The molecule has 0 aliphatic rings. The normalized spacial score (nSPS) is 11.9. The monoisotopic (exact) mass is 342 g/mol. The molecule has 5 nitrogen and oxygen atoms in total. The van der Waals surface area contributed by atoms with Crippen LogP contribution in [0.3, 0.4) is 0 Å². The van der Waals surface area contributed by atoms with Crippen LogP contribution in [0.5, 0.6) is 11.5 Å². The van der Waals surface area contributed by atoms with Crippen molar-refractivity contribution >= 4 is 11.6 Å². The number of carbonyl (C=O) groups excluding carboxylic acids is 1. The highest BCUT2D eigenvalue weighted by Crippen LogP contribution is 2.29. The fourth-order valence-electron chi connectivity index (χ4n) is 2.72. The van der Waals surface area contributed by atoms with Gasteiger partial charge in [0.25, 0.3) is 0 Å². The van der Waals surface area contributed by atoms with Gasteiger partial charge in [-0.05, 0) is 23.6 Å². The molecule has 0 bridgehead atoms. The zero-order chi connectivity index (χ0) is 18.2. The van der Waals surface area contributed by atoms with E-state index in [-0.39, 0.29) is 18.5 Å². The quantitative estimate of drug-likeness (QED) is 0.769. The molecule has 25 heavy (non-hydrogen) atoms. The first-order chi connectivity index (χ1) is 12.0. The van der Waals surface area contributed by atoms with Gasteiger partial charge in [-0.3, -0.25) is 4.79 Å². The van der Waals surface area contributed by atoms with Crippen molar-refractivity contribution < 1.29 is 14.3 Å². The van der Waals surface area contributed by atoms with E-state index in [2.05, 4.69) is 36.6 Å². The van der Waals surface area contributed by atoms with Gasteiger partial charge >= 0.3 is 0 Å². The van der Waals surface area contributed by atoms with E-state index in [0.29, 0.717) is 23.1 Å². The lowest BCUT2D eigenvalue weighted by molar-refractivity contribution is -0.115. The van der Waals surface area contributed by atoms with E-state index < -0.39 is 0 Å². The zero-order valence-electron chi connectivity index (χ0n) is 15.2. The number of ether oxygens (including phenoxy) is 2. The van der Waals surface area contributed by atoms with Crippen LogP contribution in [0.15, 0.2) is 48.5 Å². The van der Waals surface area contributed by atoms with Crippen molar-refractivity contribution in [3.05, 3.63) is 54.1 Å². The first-order valence-electron chi connectivity index (χ1n) is 8.35. The highest BCUT2D eigenvalue weighted by Gasteiger charge is 2.16. The number of carbonyl (C=O) groups is 1. The molecule has 1 amide bonds. The maximum absolute atomic E-state index is 12.3. The average Bonchev–Trinajstić information content (AvgIpc) is 2.62. The predicted molar refractivity (Wildman–Crippen MR) is 100 cm³/mol. The standard InChI is InChI=1S/C20H26N2O3/c1-14(2)20(15-8-6-5-7-9-15)21-13-19(23)22-16-10-11-17(24-3)18(12-16)25-4/h5-12,14,20-21H,13H2,1-4H3,(H,22,23)/t20-/m0/s1. The van der Waals surface area contributed by atoms with Crippen LogP contribution < -0.4 is 20.1 Å². The number of rotatable bonds is 8. The highest BCUT2D eigenvalue weighted by molar-refractivity contribution is 5.92. The Hall–Kier alpha value is -2.53. The van der Waals surface area contributed by atoms with Crippen LogP contribution in [0.4, 0.5) is 5.69 Å². The van der Waals surface area contributed by atoms with Gasteiger partial charge in [0.1, 0.15) is 0 Å². The number of nitrogens with one attached hydrogen (secondary N) is 2. The molecule has 134 valence electrons. The molecule has 0 aliphatic carbocycles. The zero-order valence-corrected chi connectivity index (χ0v) is 15.2. The summed E-state index contributed by atoms with van der Waals surface area (Å²) in [5.74, 6) is 1.48. The fourth-order valence-corrected chi connectivity index (χ4v) is 2.72. The topological polar surface area (TPSA) is 59.6 Å². The number of anilines is 1. The summed E-state index contributed by atoms with van der Waals surface area (Å²) in [5.41, 5.74) is 1.85. The van der Waals surface area contributed by atoms with Crippen LogP contribution in [0.2, 0.25) is 0 Å². The van der Waals surface area contributed by atoms with Crippen molar-refractivity contribution in [1.29, 1.82) is 0 Å². The summed E-state index contributed by atoms with van der Waals surface area (Å²) in [6.45, 7) is 4.50. The van der Waals surface area contributed by atoms with Gasteiger partial charge in [0, 0.05) is 17.8 Å². The molecule has 0 aromatic heterocycles. The second-order valence-electron chi connectivity index (χ2n) is 6.13. The molecule has 0 radical (unpaired) electrons. The predicted octanol–water partition coefficient (Wildman–Crippen LogP) is 3.63. The SMILES string of the molecule is COc1ccc(NC(=O)CN[C@H](c2ccccc2)C(C)C)cc1OC. The second kappa shape index (κ2) is 9.08. The Morgan fingerprint density at radius 1 is 1.00 bits per heavy atom. The minimum absolute atomic E-state index is 0.103. The number of amides is 1. The molecular formula is C20H26N2O3. The lowest BCUT2D eigenvalue weighted by atomic mass is 9.96. The molecule has 0 heterocycles. The van der Waals surface area contributed by atoms with Crippen molar-refractivity contribution in [2.75, 3.05) is 26.1 Å². The summed E-state index contributed by atoms with van der Waals surface area (Å²) in [6.07, 6.45) is 0. The molecule has 1 atom stereocenters. The third kappa shape index (κ3) is 5.22. The third-order valence-electron chi connectivity index (χ3n) is 3.98. The molecule has 2 aromatic carbocycles. The lowest BCUT2D eigenvalue weighted by Gasteiger charge is -2.22. The minimum atomic E-state index is -0.103. The van der Waals surface area contributed by atoms with Gasteiger partial charge in [0.2, 0.25) is 5.91 Å². The Bertz CT molecular complexity index is 687. The van der Waals surface area contributed by atoms with Crippen LogP contribution in [0, 0.1) is 5.92 Å². The molecule has 0 unspecified atom stereocenters. The molecule has 2 N–H and O–H groups in total. The smallest absolute Gasteiger partial charge is 0.238 e. The van der Waals surface area contributed by atoms with Gasteiger partial charge in [-0.2, -0.15) is 0 Å². The van der Waals surface area contributed by atoms with E-state index in [1.54, 1.807) is 32.4 Å². The Kier molecular flexibility index (Phi) is 6.83. The molecule has 2 aromatic rings. The van der Waals surface area contributed by atoms with E-state index in [4.69, 9.17) is 9.47 Å². The van der Waals surface area contributed by atoms with Gasteiger partial charge in [-0.25, -0.2) is 0 Å². The average molecular weight is 342 g/mol. The van der Waals surface area contributed by atoms with Gasteiger partial charge in [-0.15, -0.1) is 0 Å².